The van der Waals surface area contributed by atoms with Gasteiger partial charge in [-0.1, -0.05) is 13.0 Å². The lowest BCUT2D eigenvalue weighted by Crippen LogP contribution is -2.14. The van der Waals surface area contributed by atoms with E-state index in [9.17, 15) is 23.1 Å². The first-order valence-electron chi connectivity index (χ1n) is 8.16. The summed E-state index contributed by atoms with van der Waals surface area (Å²) in [5.74, 6) is -1.66. The van der Waals surface area contributed by atoms with E-state index in [1.807, 2.05) is 6.92 Å². The van der Waals surface area contributed by atoms with Crippen molar-refractivity contribution in [2.45, 2.75) is 24.8 Å². The molecule has 0 bridgehead atoms. The maximum absolute atomic E-state index is 12.6. The number of methoxy groups -OCH3 is 1. The molecule has 8 heteroatoms. The molecule has 144 valence electrons. The molecule has 0 aliphatic rings. The normalized spacial score (nSPS) is 11.2. The summed E-state index contributed by atoms with van der Waals surface area (Å²) < 4.78 is 29.0. The van der Waals surface area contributed by atoms with Gasteiger partial charge in [0.05, 0.1) is 17.1 Å². The van der Waals surface area contributed by atoms with Gasteiger partial charge in [-0.05, 0) is 47.9 Å². The molecule has 0 aliphatic heterocycles. The van der Waals surface area contributed by atoms with Gasteiger partial charge in [0.15, 0.2) is 9.84 Å². The number of carboxylic acids is 1. The van der Waals surface area contributed by atoms with E-state index in [0.717, 1.165) is 6.26 Å². The number of hydrogen-bond donors (Lipinski definition) is 2. The summed E-state index contributed by atoms with van der Waals surface area (Å²) in [6.07, 6.45) is 1.61. The molecule has 0 spiro atoms. The van der Waals surface area contributed by atoms with E-state index in [1.54, 1.807) is 18.2 Å². The maximum Gasteiger partial charge on any atom is 0.335 e. The number of hydrogen-bond acceptors (Lipinski definition) is 5. The predicted molar refractivity (Wildman–Crippen MR) is 101 cm³/mol. The first-order chi connectivity index (χ1) is 12.7. The molecule has 2 N–H and O–H groups in total. The second-order valence-corrected chi connectivity index (χ2v) is 8.04. The van der Waals surface area contributed by atoms with Crippen LogP contribution in [0.3, 0.4) is 0 Å². The number of carbonyl (C=O) groups is 2. The van der Waals surface area contributed by atoms with Crippen molar-refractivity contribution in [2.24, 2.45) is 0 Å². The van der Waals surface area contributed by atoms with Crippen molar-refractivity contribution in [2.75, 3.05) is 18.7 Å². The van der Waals surface area contributed by atoms with Gasteiger partial charge in [-0.2, -0.15) is 0 Å². The van der Waals surface area contributed by atoms with Gasteiger partial charge >= 0.3 is 5.97 Å². The number of carbonyl (C=O) groups excluding carboxylic acids is 1. The number of anilines is 1. The molecular weight excluding hydrogens is 370 g/mol. The molecule has 0 saturated heterocycles. The van der Waals surface area contributed by atoms with Gasteiger partial charge in [0.25, 0.3) is 5.91 Å². The zero-order valence-electron chi connectivity index (χ0n) is 15.3. The van der Waals surface area contributed by atoms with Crippen molar-refractivity contribution in [3.8, 4) is 0 Å². The summed E-state index contributed by atoms with van der Waals surface area (Å²) in [7, 11) is -2.00. The minimum atomic E-state index is -3.48. The average Bonchev–Trinajstić information content (AvgIpc) is 2.60. The summed E-state index contributed by atoms with van der Waals surface area (Å²) in [6, 6.07) is 8.87. The van der Waals surface area contributed by atoms with E-state index in [1.165, 1.54) is 25.3 Å². The molecule has 0 saturated carbocycles. The van der Waals surface area contributed by atoms with E-state index in [-0.39, 0.29) is 28.3 Å². The SMILES string of the molecule is CCc1ccc(C(=O)Nc2cc(COC)cc(C(=O)O)c2)cc1S(C)(=O)=O. The summed E-state index contributed by atoms with van der Waals surface area (Å²) in [6.45, 7) is 2.02. The van der Waals surface area contributed by atoms with Gasteiger partial charge in [0.2, 0.25) is 0 Å². The number of sulfone groups is 1. The first kappa shape index (κ1) is 20.6. The quantitative estimate of drug-likeness (QED) is 0.751. The average molecular weight is 391 g/mol. The Balaban J connectivity index is 2.39. The molecule has 0 radical (unpaired) electrons. The Morgan fingerprint density at radius 3 is 2.37 bits per heavy atom. The fourth-order valence-corrected chi connectivity index (χ4v) is 3.70. The summed E-state index contributed by atoms with van der Waals surface area (Å²) in [4.78, 5) is 23.9. The zero-order chi connectivity index (χ0) is 20.2. The molecule has 0 aromatic heterocycles. The van der Waals surface area contributed by atoms with Crippen LogP contribution < -0.4 is 5.32 Å². The fourth-order valence-electron chi connectivity index (χ4n) is 2.67. The highest BCUT2D eigenvalue weighted by molar-refractivity contribution is 7.90. The Hall–Kier alpha value is -2.71. The lowest BCUT2D eigenvalue weighted by atomic mass is 10.1. The van der Waals surface area contributed by atoms with Gasteiger partial charge in [-0.3, -0.25) is 4.79 Å². The van der Waals surface area contributed by atoms with Crippen LogP contribution in [-0.4, -0.2) is 38.8 Å². The second kappa shape index (κ2) is 8.32. The summed E-state index contributed by atoms with van der Waals surface area (Å²) in [5, 5.41) is 11.8. The Morgan fingerprint density at radius 1 is 1.11 bits per heavy atom. The number of benzene rings is 2. The molecule has 0 fully saturated rings. The molecule has 1 amide bonds. The fraction of sp³-hybridized carbons (Fsp3) is 0.263. The monoisotopic (exact) mass is 391 g/mol. The largest absolute Gasteiger partial charge is 0.478 e. The van der Waals surface area contributed by atoms with E-state index in [4.69, 9.17) is 4.74 Å². The topological polar surface area (TPSA) is 110 Å². The van der Waals surface area contributed by atoms with Gasteiger partial charge in [0.1, 0.15) is 0 Å². The third-order valence-corrected chi connectivity index (χ3v) is 5.10. The third kappa shape index (κ3) is 5.15. The van der Waals surface area contributed by atoms with Crippen LogP contribution in [-0.2, 0) is 27.6 Å². The highest BCUT2D eigenvalue weighted by atomic mass is 32.2. The first-order valence-corrected chi connectivity index (χ1v) is 10.1. The minimum absolute atomic E-state index is 0.0120. The van der Waals surface area contributed by atoms with Crippen LogP contribution in [0.1, 0.15) is 38.8 Å². The Morgan fingerprint density at radius 2 is 1.81 bits per heavy atom. The molecule has 2 rings (SSSR count). The van der Waals surface area contributed by atoms with Crippen molar-refractivity contribution in [1.29, 1.82) is 0 Å². The van der Waals surface area contributed by atoms with Crippen LogP contribution in [0.4, 0.5) is 5.69 Å². The third-order valence-electron chi connectivity index (χ3n) is 3.92. The van der Waals surface area contributed by atoms with Crippen molar-refractivity contribution in [3.05, 3.63) is 58.7 Å². The van der Waals surface area contributed by atoms with Crippen LogP contribution >= 0.6 is 0 Å². The molecule has 0 unspecified atom stereocenters. The molecule has 2 aromatic carbocycles. The Bertz CT molecular complexity index is 982. The standard InChI is InChI=1S/C19H21NO6S/c1-4-13-5-6-14(10-17(13)27(3,24)25)18(21)20-16-8-12(11-26-2)7-15(9-16)19(22)23/h5-10H,4,11H2,1-3H3,(H,20,21)(H,22,23). The van der Waals surface area contributed by atoms with E-state index < -0.39 is 21.7 Å². The number of nitrogens with one attached hydrogen (secondary N) is 1. The van der Waals surface area contributed by atoms with Crippen LogP contribution in [0.25, 0.3) is 0 Å². The number of aromatic carboxylic acids is 1. The smallest absolute Gasteiger partial charge is 0.335 e. The highest BCUT2D eigenvalue weighted by Gasteiger charge is 2.17. The molecule has 0 heterocycles. The minimum Gasteiger partial charge on any atom is -0.478 e. The molecule has 0 aliphatic carbocycles. The summed E-state index contributed by atoms with van der Waals surface area (Å²) in [5.41, 5.74) is 1.68. The maximum atomic E-state index is 12.6. The van der Waals surface area contributed by atoms with Gasteiger partial charge in [-0.15, -0.1) is 0 Å². The van der Waals surface area contributed by atoms with Crippen LogP contribution in [0, 0.1) is 0 Å². The van der Waals surface area contributed by atoms with Crippen molar-refractivity contribution in [3.63, 3.8) is 0 Å². The van der Waals surface area contributed by atoms with Crippen LogP contribution in [0.5, 0.6) is 0 Å². The lowest BCUT2D eigenvalue weighted by molar-refractivity contribution is 0.0696. The number of rotatable bonds is 7. The zero-order valence-corrected chi connectivity index (χ0v) is 16.1. The molecule has 2 aromatic rings. The second-order valence-electron chi connectivity index (χ2n) is 6.06. The van der Waals surface area contributed by atoms with Gasteiger partial charge in [0, 0.05) is 24.6 Å². The Kier molecular flexibility index (Phi) is 6.35. The number of amides is 1. The molecular formula is C19H21NO6S. The van der Waals surface area contributed by atoms with Gasteiger partial charge < -0.3 is 15.2 Å². The van der Waals surface area contributed by atoms with Crippen molar-refractivity contribution >= 4 is 27.4 Å². The number of aryl methyl sites for hydroxylation is 1. The molecule has 27 heavy (non-hydrogen) atoms. The van der Waals surface area contributed by atoms with E-state index >= 15 is 0 Å². The summed E-state index contributed by atoms with van der Waals surface area (Å²) >= 11 is 0. The lowest BCUT2D eigenvalue weighted by Gasteiger charge is -2.11. The van der Waals surface area contributed by atoms with Crippen LogP contribution in [0.2, 0.25) is 0 Å². The van der Waals surface area contributed by atoms with Crippen molar-refractivity contribution in [1.82, 2.24) is 0 Å². The molecule has 0 atom stereocenters. The van der Waals surface area contributed by atoms with E-state index in [2.05, 4.69) is 5.32 Å². The Labute approximate surface area is 157 Å². The highest BCUT2D eigenvalue weighted by Crippen LogP contribution is 2.21. The van der Waals surface area contributed by atoms with Crippen LogP contribution in [0.15, 0.2) is 41.3 Å². The number of ether oxygens (including phenoxy) is 1. The van der Waals surface area contributed by atoms with Crippen molar-refractivity contribution < 1.29 is 27.9 Å². The van der Waals surface area contributed by atoms with E-state index in [0.29, 0.717) is 17.5 Å². The molecule has 7 nitrogen and oxygen atoms in total. The van der Waals surface area contributed by atoms with Gasteiger partial charge in [-0.25, -0.2) is 13.2 Å². The predicted octanol–water partition coefficient (Wildman–Crippen LogP) is 2.75. The number of carboxylic acid groups (broad SMARTS) is 1.